The molecule has 2 N–H and O–H groups in total. The summed E-state index contributed by atoms with van der Waals surface area (Å²) in [5.74, 6) is 0.518. The van der Waals surface area contributed by atoms with Gasteiger partial charge in [-0.25, -0.2) is 4.39 Å². The molecule has 1 aliphatic rings. The number of nitrogens with two attached hydrogens (primary N) is 1. The molecule has 1 nitrogen and oxygen atoms in total. The molecule has 0 amide bonds. The van der Waals surface area contributed by atoms with Crippen molar-refractivity contribution in [2.75, 3.05) is 0 Å². The zero-order valence-corrected chi connectivity index (χ0v) is 10.6. The van der Waals surface area contributed by atoms with Crippen LogP contribution in [0.5, 0.6) is 0 Å². The second kappa shape index (κ2) is 5.18. The molecular formula is C15H22FN. The van der Waals surface area contributed by atoms with Gasteiger partial charge in [0.1, 0.15) is 5.82 Å². The van der Waals surface area contributed by atoms with Crippen LogP contribution in [0.4, 0.5) is 4.39 Å². The van der Waals surface area contributed by atoms with Crippen molar-refractivity contribution in [2.45, 2.75) is 51.0 Å². The summed E-state index contributed by atoms with van der Waals surface area (Å²) in [4.78, 5) is 0. The molecule has 0 bridgehead atoms. The van der Waals surface area contributed by atoms with Crippen molar-refractivity contribution >= 4 is 0 Å². The van der Waals surface area contributed by atoms with E-state index in [1.165, 1.54) is 38.2 Å². The molecule has 2 rings (SSSR count). The number of hydrogen-bond acceptors (Lipinski definition) is 1. The Morgan fingerprint density at radius 3 is 2.65 bits per heavy atom. The van der Waals surface area contributed by atoms with E-state index in [9.17, 15) is 4.39 Å². The van der Waals surface area contributed by atoms with E-state index in [-0.39, 0.29) is 5.82 Å². The maximum atomic E-state index is 13.2. The summed E-state index contributed by atoms with van der Waals surface area (Å²) in [5, 5.41) is 0. The molecule has 1 fully saturated rings. The van der Waals surface area contributed by atoms with E-state index in [2.05, 4.69) is 0 Å². The number of halogens is 1. The maximum absolute atomic E-state index is 13.2. The molecule has 0 heterocycles. The minimum Gasteiger partial charge on any atom is -0.322 e. The summed E-state index contributed by atoms with van der Waals surface area (Å²) in [5.41, 5.74) is 6.89. The molecule has 94 valence electrons. The zero-order valence-electron chi connectivity index (χ0n) is 10.6. The molecule has 1 saturated carbocycles. The minimum atomic E-state index is -0.399. The monoisotopic (exact) mass is 235 g/mol. The van der Waals surface area contributed by atoms with Crippen LogP contribution < -0.4 is 5.73 Å². The first-order chi connectivity index (χ1) is 8.08. The Kier molecular flexibility index (Phi) is 3.82. The first kappa shape index (κ1) is 12.6. The van der Waals surface area contributed by atoms with Crippen molar-refractivity contribution in [3.63, 3.8) is 0 Å². The van der Waals surface area contributed by atoms with Gasteiger partial charge >= 0.3 is 0 Å². The van der Waals surface area contributed by atoms with Crippen LogP contribution in [0.15, 0.2) is 24.3 Å². The van der Waals surface area contributed by atoms with Crippen LogP contribution in [0, 0.1) is 11.7 Å². The topological polar surface area (TPSA) is 26.0 Å². The fraction of sp³-hybridized carbons (Fsp3) is 0.600. The number of benzene rings is 1. The van der Waals surface area contributed by atoms with E-state index in [0.29, 0.717) is 5.92 Å². The van der Waals surface area contributed by atoms with Crippen molar-refractivity contribution in [3.8, 4) is 0 Å². The van der Waals surface area contributed by atoms with Crippen molar-refractivity contribution in [2.24, 2.45) is 11.7 Å². The summed E-state index contributed by atoms with van der Waals surface area (Å²) >= 11 is 0. The molecular weight excluding hydrogens is 213 g/mol. The second-order valence-corrected chi connectivity index (χ2v) is 5.64. The van der Waals surface area contributed by atoms with Crippen LogP contribution in [0.25, 0.3) is 0 Å². The molecule has 2 heteroatoms. The van der Waals surface area contributed by atoms with Gasteiger partial charge in [0, 0.05) is 5.54 Å². The average molecular weight is 235 g/mol. The quantitative estimate of drug-likeness (QED) is 0.843. The van der Waals surface area contributed by atoms with Crippen LogP contribution in [-0.2, 0) is 5.54 Å². The fourth-order valence-corrected chi connectivity index (χ4v) is 2.95. The molecule has 1 aromatic rings. The lowest BCUT2D eigenvalue weighted by molar-refractivity contribution is 0.271. The lowest BCUT2D eigenvalue weighted by atomic mass is 9.77. The second-order valence-electron chi connectivity index (χ2n) is 5.64. The lowest BCUT2D eigenvalue weighted by Crippen LogP contribution is -2.35. The van der Waals surface area contributed by atoms with Gasteiger partial charge in [-0.1, -0.05) is 44.2 Å². The Bertz CT molecular complexity index is 367. The fourth-order valence-electron chi connectivity index (χ4n) is 2.95. The van der Waals surface area contributed by atoms with Crippen molar-refractivity contribution < 1.29 is 4.39 Å². The zero-order chi connectivity index (χ0) is 12.3. The summed E-state index contributed by atoms with van der Waals surface area (Å²) in [6, 6.07) is 6.73. The van der Waals surface area contributed by atoms with Gasteiger partial charge in [0.2, 0.25) is 0 Å². The van der Waals surface area contributed by atoms with Crippen molar-refractivity contribution in [1.82, 2.24) is 0 Å². The first-order valence-electron chi connectivity index (χ1n) is 6.63. The Hall–Kier alpha value is -0.890. The molecule has 1 aliphatic carbocycles. The highest BCUT2D eigenvalue weighted by atomic mass is 19.1. The van der Waals surface area contributed by atoms with Crippen LogP contribution >= 0.6 is 0 Å². The number of rotatable bonds is 3. The van der Waals surface area contributed by atoms with E-state index < -0.39 is 5.54 Å². The van der Waals surface area contributed by atoms with Gasteiger partial charge in [0.05, 0.1) is 0 Å². The SMILES string of the molecule is CC(N)(CC1CCCCC1)c1cccc(F)c1. The van der Waals surface area contributed by atoms with E-state index in [1.807, 2.05) is 13.0 Å². The van der Waals surface area contributed by atoms with Gasteiger partial charge in [-0.05, 0) is 37.0 Å². The van der Waals surface area contributed by atoms with Crippen molar-refractivity contribution in [3.05, 3.63) is 35.6 Å². The van der Waals surface area contributed by atoms with Gasteiger partial charge in [0.25, 0.3) is 0 Å². The van der Waals surface area contributed by atoms with E-state index in [1.54, 1.807) is 12.1 Å². The standard InChI is InChI=1S/C15H22FN/c1-15(17,11-12-6-3-2-4-7-12)13-8-5-9-14(16)10-13/h5,8-10,12H,2-4,6-7,11,17H2,1H3. The normalized spacial score (nSPS) is 21.1. The molecule has 1 unspecified atom stereocenters. The highest BCUT2D eigenvalue weighted by molar-refractivity contribution is 5.24. The van der Waals surface area contributed by atoms with Crippen molar-refractivity contribution in [1.29, 1.82) is 0 Å². The Labute approximate surface area is 103 Å². The molecule has 0 aliphatic heterocycles. The third kappa shape index (κ3) is 3.29. The lowest BCUT2D eigenvalue weighted by Gasteiger charge is -2.32. The summed E-state index contributed by atoms with van der Waals surface area (Å²) in [6.45, 7) is 2.02. The smallest absolute Gasteiger partial charge is 0.123 e. The van der Waals surface area contributed by atoms with E-state index >= 15 is 0 Å². The average Bonchev–Trinajstić information content (AvgIpc) is 2.30. The molecule has 1 atom stereocenters. The van der Waals surface area contributed by atoms with Gasteiger partial charge in [0.15, 0.2) is 0 Å². The van der Waals surface area contributed by atoms with Gasteiger partial charge in [-0.15, -0.1) is 0 Å². The van der Waals surface area contributed by atoms with Crippen LogP contribution in [0.1, 0.15) is 51.0 Å². The molecule has 0 spiro atoms. The first-order valence-corrected chi connectivity index (χ1v) is 6.63. The Balaban J connectivity index is 2.06. The van der Waals surface area contributed by atoms with Crippen LogP contribution in [-0.4, -0.2) is 0 Å². The van der Waals surface area contributed by atoms with Crippen LogP contribution in [0.3, 0.4) is 0 Å². The minimum absolute atomic E-state index is 0.192. The van der Waals surface area contributed by atoms with E-state index in [4.69, 9.17) is 5.73 Å². The summed E-state index contributed by atoms with van der Waals surface area (Å²) in [6.07, 6.45) is 7.53. The maximum Gasteiger partial charge on any atom is 0.123 e. The van der Waals surface area contributed by atoms with Gasteiger partial charge < -0.3 is 5.73 Å². The summed E-state index contributed by atoms with van der Waals surface area (Å²) in [7, 11) is 0. The van der Waals surface area contributed by atoms with E-state index in [0.717, 1.165) is 12.0 Å². The molecule has 0 aromatic heterocycles. The largest absolute Gasteiger partial charge is 0.322 e. The highest BCUT2D eigenvalue weighted by Crippen LogP contribution is 2.34. The molecule has 1 aromatic carbocycles. The summed E-state index contributed by atoms with van der Waals surface area (Å²) < 4.78 is 13.2. The molecule has 17 heavy (non-hydrogen) atoms. The third-order valence-corrected chi connectivity index (χ3v) is 3.92. The predicted octanol–water partition coefficient (Wildman–Crippen LogP) is 3.97. The third-order valence-electron chi connectivity index (χ3n) is 3.92. The highest BCUT2D eigenvalue weighted by Gasteiger charge is 2.27. The number of hydrogen-bond donors (Lipinski definition) is 1. The predicted molar refractivity (Wildman–Crippen MR) is 69.1 cm³/mol. The van der Waals surface area contributed by atoms with Crippen LogP contribution in [0.2, 0.25) is 0 Å². The Morgan fingerprint density at radius 2 is 2.00 bits per heavy atom. The van der Waals surface area contributed by atoms with Gasteiger partial charge in [-0.3, -0.25) is 0 Å². The van der Waals surface area contributed by atoms with Gasteiger partial charge in [-0.2, -0.15) is 0 Å². The molecule has 0 radical (unpaired) electrons. The Morgan fingerprint density at radius 1 is 1.29 bits per heavy atom. The molecule has 0 saturated heterocycles.